The molecule has 2 aromatic heterocycles. The number of aryl methyl sites for hydroxylation is 1. The number of aromatic amines is 1. The van der Waals surface area contributed by atoms with Crippen molar-refractivity contribution in [2.75, 3.05) is 13.1 Å². The second kappa shape index (κ2) is 6.04. The first-order chi connectivity index (χ1) is 13.0. The number of rotatable bonds is 2. The number of H-pyrrole nitrogens is 1. The summed E-state index contributed by atoms with van der Waals surface area (Å²) in [6, 6.07) is 12.0. The third kappa shape index (κ3) is 2.63. The molecule has 3 heterocycles. The van der Waals surface area contributed by atoms with Crippen LogP contribution >= 0.6 is 0 Å². The van der Waals surface area contributed by atoms with E-state index in [2.05, 4.69) is 39.2 Å². The largest absolute Gasteiger partial charge is 0.392 e. The Morgan fingerprint density at radius 1 is 1.26 bits per heavy atom. The van der Waals surface area contributed by atoms with Crippen LogP contribution in [0.3, 0.4) is 0 Å². The molecule has 0 amide bonds. The van der Waals surface area contributed by atoms with Crippen LogP contribution in [0.25, 0.3) is 5.65 Å². The number of hydrogen-bond donors (Lipinski definition) is 2. The molecule has 1 aliphatic carbocycles. The second-order valence-corrected chi connectivity index (χ2v) is 8.03. The molecule has 140 valence electrons. The van der Waals surface area contributed by atoms with Gasteiger partial charge in [-0.1, -0.05) is 24.3 Å². The number of aliphatic hydroxyl groups excluding tert-OH is 1. The topological polar surface area (TPSA) is 73.6 Å². The summed E-state index contributed by atoms with van der Waals surface area (Å²) >= 11 is 0. The highest BCUT2D eigenvalue weighted by molar-refractivity contribution is 5.42. The van der Waals surface area contributed by atoms with Gasteiger partial charge >= 0.3 is 0 Å². The molecule has 2 aliphatic rings. The predicted octanol–water partition coefficient (Wildman–Crippen LogP) is 1.78. The van der Waals surface area contributed by atoms with Gasteiger partial charge in [0.25, 0.3) is 5.56 Å². The summed E-state index contributed by atoms with van der Waals surface area (Å²) in [6.45, 7) is 4.39. The lowest BCUT2D eigenvalue weighted by Crippen LogP contribution is -2.47. The summed E-state index contributed by atoms with van der Waals surface area (Å²) in [5.41, 5.74) is 4.84. The van der Waals surface area contributed by atoms with Crippen LogP contribution in [-0.2, 0) is 18.4 Å². The number of aliphatic hydroxyl groups is 1. The van der Waals surface area contributed by atoms with Crippen LogP contribution in [-0.4, -0.2) is 43.8 Å². The van der Waals surface area contributed by atoms with Crippen LogP contribution in [0, 0.1) is 6.92 Å². The first-order valence-electron chi connectivity index (χ1n) is 9.62. The molecule has 1 aliphatic heterocycles. The van der Waals surface area contributed by atoms with Crippen LogP contribution in [0.2, 0.25) is 0 Å². The molecular formula is C21H24N4O2. The number of nitrogens with zero attached hydrogens (tertiary/aromatic N) is 3. The minimum Gasteiger partial charge on any atom is -0.392 e. The molecule has 1 unspecified atom stereocenters. The highest BCUT2D eigenvalue weighted by Crippen LogP contribution is 2.46. The number of hydrogen-bond acceptors (Lipinski definition) is 4. The van der Waals surface area contributed by atoms with Crippen molar-refractivity contribution in [1.82, 2.24) is 19.5 Å². The van der Waals surface area contributed by atoms with Crippen LogP contribution < -0.4 is 5.56 Å². The number of piperidine rings is 1. The zero-order chi connectivity index (χ0) is 18.6. The average Bonchev–Trinajstić information content (AvgIpc) is 3.15. The Bertz CT molecular complexity index is 1060. The SMILES string of the molecule is Cc1cc2nc(CN3CCC4(CC3)c3ccccc3CC4O)cc(=O)n2[nH]1. The zero-order valence-corrected chi connectivity index (χ0v) is 15.5. The summed E-state index contributed by atoms with van der Waals surface area (Å²) in [5, 5.41) is 13.8. The average molecular weight is 364 g/mol. The fourth-order valence-corrected chi connectivity index (χ4v) is 4.95. The van der Waals surface area contributed by atoms with Gasteiger partial charge in [0.1, 0.15) is 0 Å². The number of likely N-dealkylation sites (tertiary alicyclic amines) is 1. The quantitative estimate of drug-likeness (QED) is 0.727. The van der Waals surface area contributed by atoms with Gasteiger partial charge < -0.3 is 5.11 Å². The highest BCUT2D eigenvalue weighted by Gasteiger charge is 2.47. The Hall–Kier alpha value is -2.44. The molecule has 1 fully saturated rings. The summed E-state index contributed by atoms with van der Waals surface area (Å²) in [7, 11) is 0. The Kier molecular flexibility index (Phi) is 3.74. The van der Waals surface area contributed by atoms with Gasteiger partial charge in [-0.3, -0.25) is 14.8 Å². The third-order valence-corrected chi connectivity index (χ3v) is 6.37. The van der Waals surface area contributed by atoms with Crippen molar-refractivity contribution in [2.24, 2.45) is 0 Å². The lowest BCUT2D eigenvalue weighted by molar-refractivity contribution is 0.0411. The minimum atomic E-state index is -0.293. The van der Waals surface area contributed by atoms with Crippen molar-refractivity contribution >= 4 is 5.65 Å². The lowest BCUT2D eigenvalue weighted by Gasteiger charge is -2.42. The van der Waals surface area contributed by atoms with Crippen molar-refractivity contribution in [1.29, 1.82) is 0 Å². The lowest BCUT2D eigenvalue weighted by atomic mass is 9.72. The van der Waals surface area contributed by atoms with Gasteiger partial charge in [-0.15, -0.1) is 0 Å². The van der Waals surface area contributed by atoms with E-state index in [0.29, 0.717) is 12.2 Å². The van der Waals surface area contributed by atoms with E-state index in [9.17, 15) is 9.90 Å². The van der Waals surface area contributed by atoms with Gasteiger partial charge in [-0.05, 0) is 50.4 Å². The standard InChI is InChI=1S/C21H24N4O2/c1-14-10-19-22-16(12-20(27)25(19)23-14)13-24-8-6-21(7-9-24)17-5-3-2-4-15(17)11-18(21)26/h2-5,10,12,18,23,26H,6-9,11,13H2,1H3. The molecule has 1 spiro atoms. The third-order valence-electron chi connectivity index (χ3n) is 6.37. The van der Waals surface area contributed by atoms with Gasteiger partial charge in [0.2, 0.25) is 0 Å². The summed E-state index contributed by atoms with van der Waals surface area (Å²) in [6.07, 6.45) is 2.35. The molecule has 5 rings (SSSR count). The second-order valence-electron chi connectivity index (χ2n) is 8.03. The first-order valence-corrected chi connectivity index (χ1v) is 9.62. The fourth-order valence-electron chi connectivity index (χ4n) is 4.95. The first kappa shape index (κ1) is 16.7. The van der Waals surface area contributed by atoms with E-state index >= 15 is 0 Å². The molecular weight excluding hydrogens is 340 g/mol. The number of aromatic nitrogens is 3. The van der Waals surface area contributed by atoms with E-state index in [1.165, 1.54) is 15.6 Å². The molecule has 1 saturated heterocycles. The van der Waals surface area contributed by atoms with Crippen molar-refractivity contribution in [3.8, 4) is 0 Å². The Labute approximate surface area is 157 Å². The molecule has 1 atom stereocenters. The Morgan fingerprint density at radius 2 is 2.04 bits per heavy atom. The summed E-state index contributed by atoms with van der Waals surface area (Å²) in [4.78, 5) is 19.3. The maximum Gasteiger partial charge on any atom is 0.272 e. The maximum absolute atomic E-state index is 12.3. The van der Waals surface area contributed by atoms with Crippen LogP contribution in [0.4, 0.5) is 0 Å². The number of fused-ring (bicyclic) bond motifs is 3. The Balaban J connectivity index is 1.35. The maximum atomic E-state index is 12.3. The zero-order valence-electron chi connectivity index (χ0n) is 15.5. The van der Waals surface area contributed by atoms with E-state index in [1.54, 1.807) is 6.07 Å². The molecule has 3 aromatic rings. The van der Waals surface area contributed by atoms with Crippen LogP contribution in [0.1, 0.15) is 35.4 Å². The van der Waals surface area contributed by atoms with Gasteiger partial charge in [-0.2, -0.15) is 0 Å². The molecule has 6 nitrogen and oxygen atoms in total. The van der Waals surface area contributed by atoms with Gasteiger partial charge in [0.15, 0.2) is 5.65 Å². The smallest absolute Gasteiger partial charge is 0.272 e. The molecule has 0 saturated carbocycles. The highest BCUT2D eigenvalue weighted by atomic mass is 16.3. The molecule has 0 bridgehead atoms. The van der Waals surface area contributed by atoms with Crippen molar-refractivity contribution in [3.63, 3.8) is 0 Å². The van der Waals surface area contributed by atoms with E-state index in [0.717, 1.165) is 43.7 Å². The van der Waals surface area contributed by atoms with E-state index < -0.39 is 0 Å². The monoisotopic (exact) mass is 364 g/mol. The van der Waals surface area contributed by atoms with Crippen molar-refractivity contribution < 1.29 is 5.11 Å². The normalized spacial score (nSPS) is 21.8. The molecule has 2 N–H and O–H groups in total. The Morgan fingerprint density at radius 3 is 2.85 bits per heavy atom. The van der Waals surface area contributed by atoms with Crippen LogP contribution in [0.5, 0.6) is 0 Å². The van der Waals surface area contributed by atoms with Crippen LogP contribution in [0.15, 0.2) is 41.2 Å². The molecule has 27 heavy (non-hydrogen) atoms. The van der Waals surface area contributed by atoms with Gasteiger partial charge in [0, 0.05) is 29.8 Å². The number of benzene rings is 1. The summed E-state index contributed by atoms with van der Waals surface area (Å²) in [5.74, 6) is 0. The van der Waals surface area contributed by atoms with Crippen molar-refractivity contribution in [3.05, 3.63) is 69.3 Å². The van der Waals surface area contributed by atoms with E-state index in [4.69, 9.17) is 0 Å². The summed E-state index contributed by atoms with van der Waals surface area (Å²) < 4.78 is 1.48. The minimum absolute atomic E-state index is 0.0725. The fraction of sp³-hybridized carbons (Fsp3) is 0.429. The molecule has 6 heteroatoms. The van der Waals surface area contributed by atoms with Gasteiger partial charge in [0.05, 0.1) is 11.8 Å². The van der Waals surface area contributed by atoms with Gasteiger partial charge in [-0.25, -0.2) is 9.50 Å². The van der Waals surface area contributed by atoms with E-state index in [1.807, 2.05) is 13.0 Å². The van der Waals surface area contributed by atoms with E-state index in [-0.39, 0.29) is 17.1 Å². The molecule has 1 aromatic carbocycles. The molecule has 0 radical (unpaired) electrons. The predicted molar refractivity (Wildman–Crippen MR) is 103 cm³/mol. The van der Waals surface area contributed by atoms with Crippen molar-refractivity contribution in [2.45, 2.75) is 44.2 Å². The number of nitrogens with one attached hydrogen (secondary N) is 1.